The largest absolute Gasteiger partial charge is 0.389 e. The number of nitrogens with zero attached hydrogens (tertiary/aromatic N) is 1. The monoisotopic (exact) mass is 279 g/mol. The lowest BCUT2D eigenvalue weighted by Crippen LogP contribution is -2.38. The van der Waals surface area contributed by atoms with Gasteiger partial charge in [0, 0.05) is 24.3 Å². The fourth-order valence-electron chi connectivity index (χ4n) is 1.92. The first-order valence-electron chi connectivity index (χ1n) is 6.41. The molecule has 0 aliphatic heterocycles. The highest BCUT2D eigenvalue weighted by Gasteiger charge is 2.14. The van der Waals surface area contributed by atoms with Gasteiger partial charge in [-0.15, -0.1) is 0 Å². The maximum Gasteiger partial charge on any atom is 0.239 e. The second kappa shape index (κ2) is 7.09. The molecule has 1 amide bonds. The Hall–Kier alpha value is -1.62. The zero-order valence-electron chi connectivity index (χ0n) is 11.7. The van der Waals surface area contributed by atoms with E-state index in [1.165, 1.54) is 0 Å². The molecule has 19 heavy (non-hydrogen) atoms. The molecule has 0 saturated carbocycles. The van der Waals surface area contributed by atoms with Crippen LogP contribution in [0.25, 0.3) is 0 Å². The van der Waals surface area contributed by atoms with Crippen LogP contribution in [0.1, 0.15) is 25.0 Å². The van der Waals surface area contributed by atoms with Crippen molar-refractivity contribution < 1.29 is 4.79 Å². The Morgan fingerprint density at radius 1 is 1.42 bits per heavy atom. The van der Waals surface area contributed by atoms with Crippen molar-refractivity contribution >= 4 is 28.8 Å². The first-order valence-corrected chi connectivity index (χ1v) is 6.82. The summed E-state index contributed by atoms with van der Waals surface area (Å²) in [6.45, 7) is 7.56. The number of nitrogens with one attached hydrogen (secondary N) is 1. The third-order valence-corrected chi connectivity index (χ3v) is 3.07. The molecule has 0 unspecified atom stereocenters. The van der Waals surface area contributed by atoms with Gasteiger partial charge in [0.05, 0.1) is 6.54 Å². The second-order valence-electron chi connectivity index (χ2n) is 4.35. The highest BCUT2D eigenvalue weighted by atomic mass is 32.1. The summed E-state index contributed by atoms with van der Waals surface area (Å²) in [7, 11) is 0. The first kappa shape index (κ1) is 15.4. The van der Waals surface area contributed by atoms with E-state index >= 15 is 0 Å². The molecular weight excluding hydrogens is 258 g/mol. The minimum absolute atomic E-state index is 0.00110. The summed E-state index contributed by atoms with van der Waals surface area (Å²) in [5.41, 5.74) is 8.60. The fraction of sp³-hybridized carbons (Fsp3) is 0.429. The van der Waals surface area contributed by atoms with Crippen molar-refractivity contribution in [3.8, 4) is 0 Å². The number of carbonyl (C=O) groups is 1. The summed E-state index contributed by atoms with van der Waals surface area (Å²) in [6.07, 6.45) is 0. The third kappa shape index (κ3) is 4.21. The van der Waals surface area contributed by atoms with Crippen molar-refractivity contribution in [2.75, 3.05) is 24.5 Å². The maximum absolute atomic E-state index is 11.7. The van der Waals surface area contributed by atoms with E-state index in [0.29, 0.717) is 18.1 Å². The van der Waals surface area contributed by atoms with Crippen LogP contribution in [0.4, 0.5) is 5.69 Å². The molecule has 0 saturated heterocycles. The van der Waals surface area contributed by atoms with E-state index in [2.05, 4.69) is 5.32 Å². The highest BCUT2D eigenvalue weighted by Crippen LogP contribution is 2.21. The van der Waals surface area contributed by atoms with E-state index in [-0.39, 0.29) is 5.91 Å². The van der Waals surface area contributed by atoms with Gasteiger partial charge >= 0.3 is 0 Å². The van der Waals surface area contributed by atoms with Crippen molar-refractivity contribution in [2.45, 2.75) is 20.8 Å². The molecule has 0 aromatic heterocycles. The zero-order chi connectivity index (χ0) is 14.4. The summed E-state index contributed by atoms with van der Waals surface area (Å²) in [6, 6.07) is 5.92. The lowest BCUT2D eigenvalue weighted by Gasteiger charge is -2.25. The SMILES string of the molecule is CCNC(=O)CN(CC)c1ccc(C)cc1C(N)=S. The molecule has 0 heterocycles. The lowest BCUT2D eigenvalue weighted by atomic mass is 10.1. The Labute approximate surface area is 120 Å². The topological polar surface area (TPSA) is 58.4 Å². The molecule has 4 nitrogen and oxygen atoms in total. The molecule has 0 spiro atoms. The van der Waals surface area contributed by atoms with E-state index in [0.717, 1.165) is 23.4 Å². The predicted molar refractivity (Wildman–Crippen MR) is 83.6 cm³/mol. The van der Waals surface area contributed by atoms with Gasteiger partial charge in [-0.2, -0.15) is 0 Å². The van der Waals surface area contributed by atoms with Gasteiger partial charge in [0.2, 0.25) is 5.91 Å². The molecule has 0 bridgehead atoms. The fourth-order valence-corrected chi connectivity index (χ4v) is 2.08. The molecule has 0 aliphatic rings. The Morgan fingerprint density at radius 2 is 2.11 bits per heavy atom. The maximum atomic E-state index is 11.7. The van der Waals surface area contributed by atoms with Crippen molar-refractivity contribution in [1.82, 2.24) is 5.32 Å². The third-order valence-electron chi connectivity index (χ3n) is 2.85. The first-order chi connectivity index (χ1) is 8.99. The van der Waals surface area contributed by atoms with Gasteiger partial charge in [0.15, 0.2) is 0 Å². The number of hydrogen-bond acceptors (Lipinski definition) is 3. The van der Waals surface area contributed by atoms with E-state index in [1.54, 1.807) is 0 Å². The van der Waals surface area contributed by atoms with E-state index in [4.69, 9.17) is 18.0 Å². The normalized spacial score (nSPS) is 10.1. The van der Waals surface area contributed by atoms with Gasteiger partial charge in [-0.3, -0.25) is 4.79 Å². The Balaban J connectivity index is 3.04. The van der Waals surface area contributed by atoms with Crippen molar-refractivity contribution in [3.63, 3.8) is 0 Å². The van der Waals surface area contributed by atoms with Crippen LogP contribution in [0.2, 0.25) is 0 Å². The zero-order valence-corrected chi connectivity index (χ0v) is 12.5. The molecule has 0 radical (unpaired) electrons. The Bertz CT molecular complexity index is 474. The molecule has 1 rings (SSSR count). The summed E-state index contributed by atoms with van der Waals surface area (Å²) < 4.78 is 0. The molecule has 3 N–H and O–H groups in total. The quantitative estimate of drug-likeness (QED) is 0.777. The van der Waals surface area contributed by atoms with Crippen LogP contribution in [0.15, 0.2) is 18.2 Å². The van der Waals surface area contributed by atoms with Crippen molar-refractivity contribution in [2.24, 2.45) is 5.73 Å². The smallest absolute Gasteiger partial charge is 0.239 e. The van der Waals surface area contributed by atoms with Gasteiger partial charge in [0.1, 0.15) is 4.99 Å². The number of anilines is 1. The molecule has 0 atom stereocenters. The van der Waals surface area contributed by atoms with E-state index in [9.17, 15) is 4.79 Å². The number of benzene rings is 1. The van der Waals surface area contributed by atoms with Crippen LogP contribution in [0.5, 0.6) is 0 Å². The molecule has 0 fully saturated rings. The molecule has 5 heteroatoms. The highest BCUT2D eigenvalue weighted by molar-refractivity contribution is 7.80. The number of hydrogen-bond donors (Lipinski definition) is 2. The second-order valence-corrected chi connectivity index (χ2v) is 4.79. The number of carbonyl (C=O) groups excluding carboxylic acids is 1. The summed E-state index contributed by atoms with van der Waals surface area (Å²) in [4.78, 5) is 14.0. The van der Waals surface area contributed by atoms with Crippen LogP contribution in [0, 0.1) is 6.92 Å². The van der Waals surface area contributed by atoms with Gasteiger partial charge < -0.3 is 16.0 Å². The number of amides is 1. The summed E-state index contributed by atoms with van der Waals surface area (Å²) >= 11 is 5.09. The van der Waals surface area contributed by atoms with Gasteiger partial charge in [-0.25, -0.2) is 0 Å². The number of thiocarbonyl (C=S) groups is 1. The van der Waals surface area contributed by atoms with Crippen LogP contribution in [0.3, 0.4) is 0 Å². The standard InChI is InChI=1S/C14H21N3OS/c1-4-16-13(18)9-17(5-2)12-7-6-10(3)8-11(12)14(15)19/h6-8H,4-5,9H2,1-3H3,(H2,15,19)(H,16,18). The number of aryl methyl sites for hydroxylation is 1. The number of rotatable bonds is 6. The van der Waals surface area contributed by atoms with Crippen LogP contribution >= 0.6 is 12.2 Å². The van der Waals surface area contributed by atoms with Gasteiger partial charge in [-0.05, 0) is 32.9 Å². The van der Waals surface area contributed by atoms with Crippen molar-refractivity contribution in [3.05, 3.63) is 29.3 Å². The van der Waals surface area contributed by atoms with E-state index in [1.807, 2.05) is 43.9 Å². The molecule has 1 aromatic carbocycles. The summed E-state index contributed by atoms with van der Waals surface area (Å²) in [5, 5.41) is 2.80. The van der Waals surface area contributed by atoms with Crippen molar-refractivity contribution in [1.29, 1.82) is 0 Å². The molecule has 104 valence electrons. The Morgan fingerprint density at radius 3 is 2.63 bits per heavy atom. The van der Waals surface area contributed by atoms with Crippen LogP contribution in [-0.2, 0) is 4.79 Å². The predicted octanol–water partition coefficient (Wildman–Crippen LogP) is 1.59. The van der Waals surface area contributed by atoms with Gasteiger partial charge in [0.25, 0.3) is 0 Å². The lowest BCUT2D eigenvalue weighted by molar-refractivity contribution is -0.119. The number of likely N-dealkylation sites (N-methyl/N-ethyl adjacent to an activating group) is 2. The van der Waals surface area contributed by atoms with Crippen LogP contribution < -0.4 is 16.0 Å². The molecule has 0 aliphatic carbocycles. The number of nitrogens with two attached hydrogens (primary N) is 1. The Kier molecular flexibility index (Phi) is 5.76. The van der Waals surface area contributed by atoms with E-state index < -0.39 is 0 Å². The van der Waals surface area contributed by atoms with Crippen LogP contribution in [-0.4, -0.2) is 30.5 Å². The molecular formula is C14H21N3OS. The average Bonchev–Trinajstić information content (AvgIpc) is 2.36. The minimum Gasteiger partial charge on any atom is -0.389 e. The molecule has 1 aromatic rings. The van der Waals surface area contributed by atoms with Gasteiger partial charge in [-0.1, -0.05) is 23.8 Å². The minimum atomic E-state index is -0.00110. The average molecular weight is 279 g/mol. The summed E-state index contributed by atoms with van der Waals surface area (Å²) in [5.74, 6) is -0.00110.